The summed E-state index contributed by atoms with van der Waals surface area (Å²) >= 11 is 0. The van der Waals surface area contributed by atoms with Crippen molar-refractivity contribution < 1.29 is 23.6 Å². The van der Waals surface area contributed by atoms with Crippen LogP contribution in [0.25, 0.3) is 12.2 Å². The maximum atomic E-state index is 12.2. The average Bonchev–Trinajstić information content (AvgIpc) is 2.65. The first-order valence-electron chi connectivity index (χ1n) is 7.68. The van der Waals surface area contributed by atoms with E-state index in [9.17, 15) is 19.3 Å². The molecule has 2 aromatic carbocycles. The number of rotatable bonds is 7. The number of hydrogen-bond acceptors (Lipinski definition) is 5. The van der Waals surface area contributed by atoms with Crippen molar-refractivity contribution in [1.82, 2.24) is 5.32 Å². The van der Waals surface area contributed by atoms with Gasteiger partial charge in [-0.1, -0.05) is 30.4 Å². The monoisotopic (exact) mass is 360 g/mol. The van der Waals surface area contributed by atoms with Gasteiger partial charge in [0.2, 0.25) is 0 Å². The number of ether oxygens (including phenoxy) is 2. The number of carbonyl (C=O) groups is 1. The molecule has 7 nitrogen and oxygen atoms in total. The molecule has 136 valence electrons. The first-order valence-corrected chi connectivity index (χ1v) is 7.68. The van der Waals surface area contributed by atoms with E-state index >= 15 is 0 Å². The van der Waals surface area contributed by atoms with Crippen LogP contribution in [0.5, 0.6) is 11.5 Å². The first-order chi connectivity index (χ1) is 12.5. The molecule has 0 saturated heterocycles. The van der Waals surface area contributed by atoms with Crippen LogP contribution in [-0.2, 0) is 0 Å². The Balaban J connectivity index is 2.13. The molecule has 0 fully saturated rings. The van der Waals surface area contributed by atoms with Crippen LogP contribution in [0.3, 0.4) is 0 Å². The lowest BCUT2D eigenvalue weighted by Gasteiger charge is -2.05. The molecule has 8 heteroatoms. The number of alkyl halides is 1. The summed E-state index contributed by atoms with van der Waals surface area (Å²) in [5, 5.41) is 13.5. The van der Waals surface area contributed by atoms with E-state index in [1.165, 1.54) is 19.2 Å². The second kappa shape index (κ2) is 9.16. The van der Waals surface area contributed by atoms with E-state index in [2.05, 4.69) is 5.32 Å². The van der Waals surface area contributed by atoms with Crippen LogP contribution in [-0.4, -0.2) is 31.3 Å². The van der Waals surface area contributed by atoms with Crippen molar-refractivity contribution in [2.24, 2.45) is 0 Å². The Morgan fingerprint density at radius 2 is 1.85 bits per heavy atom. The summed E-state index contributed by atoms with van der Waals surface area (Å²) in [4.78, 5) is 21.7. The maximum Gasteiger partial charge on any atom is 0.412 e. The maximum absolute atomic E-state index is 12.2. The van der Waals surface area contributed by atoms with Crippen LogP contribution in [0.1, 0.15) is 11.1 Å². The highest BCUT2D eigenvalue weighted by molar-refractivity contribution is 5.73. The normalized spacial score (nSPS) is 10.5. The van der Waals surface area contributed by atoms with Gasteiger partial charge in [0, 0.05) is 13.1 Å². The Morgan fingerprint density at radius 3 is 2.46 bits per heavy atom. The molecule has 0 atom stereocenters. The highest BCUT2D eigenvalue weighted by Crippen LogP contribution is 2.28. The molecule has 0 radical (unpaired) electrons. The Hall–Kier alpha value is -3.42. The minimum Gasteiger partial charge on any atom is -0.484 e. The van der Waals surface area contributed by atoms with Crippen molar-refractivity contribution in [3.8, 4) is 11.5 Å². The van der Waals surface area contributed by atoms with E-state index in [-0.39, 0.29) is 18.0 Å². The van der Waals surface area contributed by atoms with E-state index in [1.54, 1.807) is 42.5 Å². The molecule has 0 aliphatic heterocycles. The quantitative estimate of drug-likeness (QED) is 0.460. The zero-order valence-corrected chi connectivity index (χ0v) is 14.0. The van der Waals surface area contributed by atoms with Gasteiger partial charge in [-0.05, 0) is 29.3 Å². The van der Waals surface area contributed by atoms with Crippen molar-refractivity contribution in [1.29, 1.82) is 0 Å². The van der Waals surface area contributed by atoms with Gasteiger partial charge >= 0.3 is 11.8 Å². The molecule has 0 spiro atoms. The summed E-state index contributed by atoms with van der Waals surface area (Å²) in [7, 11) is 1.46. The third kappa shape index (κ3) is 5.30. The van der Waals surface area contributed by atoms with Gasteiger partial charge in [-0.2, -0.15) is 0 Å². The predicted molar refractivity (Wildman–Crippen MR) is 95.0 cm³/mol. The minimum atomic E-state index is -0.724. The molecule has 2 aromatic rings. The zero-order chi connectivity index (χ0) is 18.9. The third-order valence-corrected chi connectivity index (χ3v) is 3.28. The summed E-state index contributed by atoms with van der Waals surface area (Å²) in [6, 6.07) is 11.2. The molecule has 0 saturated carbocycles. The highest BCUT2D eigenvalue weighted by atomic mass is 19.1. The van der Waals surface area contributed by atoms with Gasteiger partial charge in [0.15, 0.2) is 5.75 Å². The number of halogens is 1. The van der Waals surface area contributed by atoms with E-state index in [1.807, 2.05) is 0 Å². The molecule has 26 heavy (non-hydrogen) atoms. The number of nitro benzene ring substituents is 1. The highest BCUT2D eigenvalue weighted by Gasteiger charge is 2.15. The van der Waals surface area contributed by atoms with E-state index in [0.717, 1.165) is 5.56 Å². The van der Waals surface area contributed by atoms with Gasteiger partial charge in [-0.15, -0.1) is 0 Å². The van der Waals surface area contributed by atoms with Crippen LogP contribution in [0.2, 0.25) is 0 Å². The zero-order valence-electron chi connectivity index (χ0n) is 14.0. The third-order valence-electron chi connectivity index (χ3n) is 3.28. The first kappa shape index (κ1) is 18.9. The molecule has 0 bridgehead atoms. The van der Waals surface area contributed by atoms with E-state index in [4.69, 9.17) is 9.47 Å². The van der Waals surface area contributed by atoms with Gasteiger partial charge in [-0.25, -0.2) is 9.18 Å². The molecule has 0 unspecified atom stereocenters. The lowest BCUT2D eigenvalue weighted by atomic mass is 10.1. The van der Waals surface area contributed by atoms with Crippen molar-refractivity contribution >= 4 is 23.9 Å². The molecular formula is C18H17FN2O5. The Labute approximate surface area is 149 Å². The van der Waals surface area contributed by atoms with Gasteiger partial charge in [0.05, 0.1) is 4.92 Å². The molecule has 1 amide bonds. The Kier molecular flexibility index (Phi) is 6.67. The summed E-state index contributed by atoms with van der Waals surface area (Å²) < 4.78 is 22.2. The van der Waals surface area contributed by atoms with Crippen LogP contribution in [0, 0.1) is 10.1 Å². The van der Waals surface area contributed by atoms with Gasteiger partial charge in [-0.3, -0.25) is 10.1 Å². The van der Waals surface area contributed by atoms with Crippen molar-refractivity contribution in [2.75, 3.05) is 20.3 Å². The number of amides is 1. The Morgan fingerprint density at radius 1 is 1.19 bits per heavy atom. The van der Waals surface area contributed by atoms with Gasteiger partial charge < -0.3 is 14.8 Å². The Bertz CT molecular complexity index is 806. The number of nitrogens with zero attached hydrogens (tertiary/aromatic N) is 1. The second-order valence-electron chi connectivity index (χ2n) is 5.06. The van der Waals surface area contributed by atoms with Gasteiger partial charge in [0.1, 0.15) is 19.0 Å². The standard InChI is InChI=1S/C18H17FN2O5/c1-20-18(22)26-15-7-4-13(5-8-15)2-3-14-6-9-17(25-11-10-19)16(12-14)21(23)24/h2-9,12H,10-11H2,1H3,(H,20,22)/b3-2+. The summed E-state index contributed by atoms with van der Waals surface area (Å²) in [6.07, 6.45) is 2.89. The van der Waals surface area contributed by atoms with Crippen molar-refractivity contribution in [3.05, 3.63) is 63.7 Å². The number of nitrogens with one attached hydrogen (secondary N) is 1. The van der Waals surface area contributed by atoms with E-state index in [0.29, 0.717) is 11.3 Å². The second-order valence-corrected chi connectivity index (χ2v) is 5.06. The van der Waals surface area contributed by atoms with Crippen LogP contribution < -0.4 is 14.8 Å². The summed E-state index contributed by atoms with van der Waals surface area (Å²) in [5.74, 6) is 0.423. The van der Waals surface area contributed by atoms with Crippen LogP contribution in [0.15, 0.2) is 42.5 Å². The molecule has 0 heterocycles. The molecule has 1 N–H and O–H groups in total. The van der Waals surface area contributed by atoms with Crippen molar-refractivity contribution in [2.45, 2.75) is 0 Å². The topological polar surface area (TPSA) is 90.7 Å². The number of hydrogen-bond donors (Lipinski definition) is 1. The molecule has 2 rings (SSSR count). The minimum absolute atomic E-state index is 0.0282. The average molecular weight is 360 g/mol. The lowest BCUT2D eigenvalue weighted by Crippen LogP contribution is -2.21. The number of benzene rings is 2. The van der Waals surface area contributed by atoms with E-state index < -0.39 is 17.7 Å². The molecule has 0 aliphatic carbocycles. The van der Waals surface area contributed by atoms with Crippen LogP contribution in [0.4, 0.5) is 14.9 Å². The summed E-state index contributed by atoms with van der Waals surface area (Å²) in [5.41, 5.74) is 1.18. The van der Waals surface area contributed by atoms with Crippen LogP contribution >= 0.6 is 0 Å². The predicted octanol–water partition coefficient (Wildman–Crippen LogP) is 3.83. The summed E-state index contributed by atoms with van der Waals surface area (Å²) in [6.45, 7) is -0.959. The van der Waals surface area contributed by atoms with Gasteiger partial charge in [0.25, 0.3) is 0 Å². The molecule has 0 aromatic heterocycles. The number of nitro groups is 1. The fourth-order valence-electron chi connectivity index (χ4n) is 2.05. The molecular weight excluding hydrogens is 343 g/mol. The number of carbonyl (C=O) groups excluding carboxylic acids is 1. The smallest absolute Gasteiger partial charge is 0.412 e. The SMILES string of the molecule is CNC(=O)Oc1ccc(/C=C/c2ccc(OCCF)c([N+](=O)[O-])c2)cc1. The molecule has 0 aliphatic rings. The fourth-order valence-corrected chi connectivity index (χ4v) is 2.05. The fraction of sp³-hybridized carbons (Fsp3) is 0.167. The largest absolute Gasteiger partial charge is 0.484 e. The lowest BCUT2D eigenvalue weighted by molar-refractivity contribution is -0.385. The van der Waals surface area contributed by atoms with Crippen molar-refractivity contribution in [3.63, 3.8) is 0 Å².